The van der Waals surface area contributed by atoms with Gasteiger partial charge in [-0.2, -0.15) is 0 Å². The van der Waals surface area contributed by atoms with Crippen molar-refractivity contribution in [1.29, 1.82) is 0 Å². The maximum Gasteiger partial charge on any atom is 0.126 e. The molecule has 1 aliphatic heterocycles. The van der Waals surface area contributed by atoms with E-state index in [9.17, 15) is 0 Å². The van der Waals surface area contributed by atoms with Crippen LogP contribution in [0.25, 0.3) is 11.3 Å². The number of nitrogens with zero attached hydrogens (tertiary/aromatic N) is 2. The minimum atomic E-state index is 0.316. The maximum absolute atomic E-state index is 6.49. The van der Waals surface area contributed by atoms with Gasteiger partial charge in [-0.05, 0) is 76.5 Å². The van der Waals surface area contributed by atoms with Crippen LogP contribution in [0, 0.1) is 5.92 Å². The number of nitrogens with one attached hydrogen (secondary N) is 2. The SMILES string of the molecule is CC1CC(CNc2cccc(-c3cc(NC4CCC(N)CC4)ncc3Cl)n2)CC(C)O1. The van der Waals surface area contributed by atoms with Crippen molar-refractivity contribution < 1.29 is 4.74 Å². The first-order chi connectivity index (χ1) is 15.0. The molecule has 2 aromatic heterocycles. The van der Waals surface area contributed by atoms with Crippen LogP contribution in [0.5, 0.6) is 0 Å². The predicted molar refractivity (Wildman–Crippen MR) is 128 cm³/mol. The summed E-state index contributed by atoms with van der Waals surface area (Å²) in [7, 11) is 0. The lowest BCUT2D eigenvalue weighted by molar-refractivity contribution is -0.0495. The number of rotatable bonds is 6. The van der Waals surface area contributed by atoms with E-state index in [1.54, 1.807) is 6.20 Å². The highest BCUT2D eigenvalue weighted by Gasteiger charge is 2.24. The van der Waals surface area contributed by atoms with Crippen LogP contribution in [0.4, 0.5) is 11.6 Å². The number of pyridine rings is 2. The van der Waals surface area contributed by atoms with E-state index in [0.29, 0.717) is 35.2 Å². The van der Waals surface area contributed by atoms with Crippen molar-refractivity contribution in [3.8, 4) is 11.3 Å². The highest BCUT2D eigenvalue weighted by Crippen LogP contribution is 2.30. The Morgan fingerprint density at radius 2 is 1.84 bits per heavy atom. The second-order valence-electron chi connectivity index (χ2n) is 9.19. The van der Waals surface area contributed by atoms with Gasteiger partial charge in [-0.25, -0.2) is 9.97 Å². The Kier molecular flexibility index (Phi) is 7.31. The van der Waals surface area contributed by atoms with Crippen LogP contribution in [0.3, 0.4) is 0 Å². The highest BCUT2D eigenvalue weighted by atomic mass is 35.5. The normalized spacial score (nSPS) is 28.8. The lowest BCUT2D eigenvalue weighted by Crippen LogP contribution is -2.33. The van der Waals surface area contributed by atoms with Gasteiger partial charge in [0.2, 0.25) is 0 Å². The fourth-order valence-corrected chi connectivity index (χ4v) is 5.03. The van der Waals surface area contributed by atoms with Gasteiger partial charge in [0.15, 0.2) is 0 Å². The molecule has 3 heterocycles. The van der Waals surface area contributed by atoms with Gasteiger partial charge in [-0.3, -0.25) is 0 Å². The van der Waals surface area contributed by atoms with E-state index in [2.05, 4.69) is 29.5 Å². The van der Waals surface area contributed by atoms with Gasteiger partial charge in [0.25, 0.3) is 0 Å². The van der Waals surface area contributed by atoms with Crippen LogP contribution in [0.15, 0.2) is 30.5 Å². The molecule has 0 bridgehead atoms. The molecule has 1 aliphatic carbocycles. The van der Waals surface area contributed by atoms with Crippen LogP contribution in [0.2, 0.25) is 5.02 Å². The van der Waals surface area contributed by atoms with Crippen molar-refractivity contribution in [2.75, 3.05) is 17.2 Å². The molecule has 0 amide bonds. The summed E-state index contributed by atoms with van der Waals surface area (Å²) in [6.45, 7) is 5.20. The molecule has 2 unspecified atom stereocenters. The molecule has 2 aliphatic rings. The Morgan fingerprint density at radius 3 is 2.58 bits per heavy atom. The first kappa shape index (κ1) is 22.3. The zero-order valence-corrected chi connectivity index (χ0v) is 19.2. The molecule has 0 radical (unpaired) electrons. The number of halogens is 1. The number of anilines is 2. The molecule has 31 heavy (non-hydrogen) atoms. The Morgan fingerprint density at radius 1 is 1.10 bits per heavy atom. The topological polar surface area (TPSA) is 85.1 Å². The van der Waals surface area contributed by atoms with Gasteiger partial charge in [0, 0.05) is 30.4 Å². The molecule has 7 heteroatoms. The van der Waals surface area contributed by atoms with Gasteiger partial charge in [0.1, 0.15) is 11.6 Å². The summed E-state index contributed by atoms with van der Waals surface area (Å²) in [5.41, 5.74) is 7.77. The van der Waals surface area contributed by atoms with Crippen molar-refractivity contribution in [2.45, 2.75) is 76.7 Å². The monoisotopic (exact) mass is 443 g/mol. The molecular formula is C24H34ClN5O. The van der Waals surface area contributed by atoms with Crippen molar-refractivity contribution in [1.82, 2.24) is 9.97 Å². The van der Waals surface area contributed by atoms with Gasteiger partial charge < -0.3 is 21.1 Å². The van der Waals surface area contributed by atoms with Crippen molar-refractivity contribution in [3.63, 3.8) is 0 Å². The van der Waals surface area contributed by atoms with E-state index in [-0.39, 0.29) is 0 Å². The molecule has 2 atom stereocenters. The van der Waals surface area contributed by atoms with Crippen molar-refractivity contribution >= 4 is 23.2 Å². The summed E-state index contributed by atoms with van der Waals surface area (Å²) in [4.78, 5) is 9.31. The Balaban J connectivity index is 1.43. The number of hydrogen-bond acceptors (Lipinski definition) is 6. The van der Waals surface area contributed by atoms with Crippen LogP contribution >= 0.6 is 11.6 Å². The number of aromatic nitrogens is 2. The van der Waals surface area contributed by atoms with E-state index in [1.165, 1.54) is 0 Å². The molecule has 1 saturated heterocycles. The van der Waals surface area contributed by atoms with Crippen LogP contribution in [0.1, 0.15) is 52.4 Å². The fourth-order valence-electron chi connectivity index (χ4n) is 4.83. The summed E-state index contributed by atoms with van der Waals surface area (Å²) in [5.74, 6) is 2.30. The Bertz CT molecular complexity index is 861. The second-order valence-corrected chi connectivity index (χ2v) is 9.60. The van der Waals surface area contributed by atoms with Crippen molar-refractivity contribution in [3.05, 3.63) is 35.5 Å². The number of hydrogen-bond donors (Lipinski definition) is 3. The molecule has 4 N–H and O–H groups in total. The van der Waals surface area contributed by atoms with Gasteiger partial charge in [0.05, 0.1) is 22.9 Å². The summed E-state index contributed by atoms with van der Waals surface area (Å²) in [6.07, 6.45) is 8.75. The summed E-state index contributed by atoms with van der Waals surface area (Å²) in [6, 6.07) is 8.77. The minimum Gasteiger partial charge on any atom is -0.376 e. The van der Waals surface area contributed by atoms with Crippen LogP contribution < -0.4 is 16.4 Å². The van der Waals surface area contributed by atoms with E-state index >= 15 is 0 Å². The molecule has 168 valence electrons. The lowest BCUT2D eigenvalue weighted by Gasteiger charge is -2.32. The molecular weight excluding hydrogens is 410 g/mol. The minimum absolute atomic E-state index is 0.316. The van der Waals surface area contributed by atoms with E-state index in [4.69, 9.17) is 27.1 Å². The second kappa shape index (κ2) is 10.2. The average Bonchev–Trinajstić information content (AvgIpc) is 2.75. The zero-order chi connectivity index (χ0) is 21.8. The predicted octanol–water partition coefficient (Wildman–Crippen LogP) is 5.09. The van der Waals surface area contributed by atoms with Gasteiger partial charge in [-0.15, -0.1) is 0 Å². The molecule has 6 nitrogen and oxygen atoms in total. The Labute approximate surface area is 190 Å². The van der Waals surface area contributed by atoms with Crippen molar-refractivity contribution in [2.24, 2.45) is 11.7 Å². The molecule has 2 aromatic rings. The van der Waals surface area contributed by atoms with Gasteiger partial charge >= 0.3 is 0 Å². The first-order valence-electron chi connectivity index (χ1n) is 11.5. The van der Waals surface area contributed by atoms with E-state index in [1.807, 2.05) is 24.3 Å². The highest BCUT2D eigenvalue weighted by molar-refractivity contribution is 6.33. The summed E-state index contributed by atoms with van der Waals surface area (Å²) < 4.78 is 5.85. The standard InChI is InChI=1S/C24H34ClN5O/c1-15-10-17(11-16(2)31-15)13-27-23-5-3-4-22(30-23)20-12-24(28-14-21(20)25)29-19-8-6-18(26)7-9-19/h3-5,12,14-19H,6-11,13,26H2,1-2H3,(H,27,30)(H,28,29). The van der Waals surface area contributed by atoms with E-state index in [0.717, 1.165) is 68.0 Å². The first-order valence-corrected chi connectivity index (χ1v) is 11.9. The number of ether oxygens (including phenoxy) is 1. The summed E-state index contributed by atoms with van der Waals surface area (Å²) >= 11 is 6.49. The largest absolute Gasteiger partial charge is 0.376 e. The number of nitrogens with two attached hydrogens (primary N) is 1. The third kappa shape index (κ3) is 6.09. The van der Waals surface area contributed by atoms with Gasteiger partial charge in [-0.1, -0.05) is 17.7 Å². The third-order valence-corrected chi connectivity index (χ3v) is 6.67. The quantitative estimate of drug-likeness (QED) is 0.576. The Hall–Kier alpha value is -1.89. The maximum atomic E-state index is 6.49. The third-order valence-electron chi connectivity index (χ3n) is 6.37. The molecule has 1 saturated carbocycles. The lowest BCUT2D eigenvalue weighted by atomic mass is 9.92. The molecule has 2 fully saturated rings. The fraction of sp³-hybridized carbons (Fsp3) is 0.583. The average molecular weight is 444 g/mol. The van der Waals surface area contributed by atoms with E-state index < -0.39 is 0 Å². The smallest absolute Gasteiger partial charge is 0.126 e. The summed E-state index contributed by atoms with van der Waals surface area (Å²) in [5, 5.41) is 7.67. The van der Waals surface area contributed by atoms with Crippen LogP contribution in [-0.4, -0.2) is 40.8 Å². The molecule has 0 spiro atoms. The molecule has 4 rings (SSSR count). The van der Waals surface area contributed by atoms with Crippen LogP contribution in [-0.2, 0) is 4.74 Å². The zero-order valence-electron chi connectivity index (χ0n) is 18.5. The molecule has 0 aromatic carbocycles.